The van der Waals surface area contributed by atoms with E-state index < -0.39 is 60.4 Å². The summed E-state index contributed by atoms with van der Waals surface area (Å²) < 4.78 is 49.3. The number of nitrogens with two attached hydrogens (primary N) is 1. The summed E-state index contributed by atoms with van der Waals surface area (Å²) in [4.78, 5) is 22.5. The van der Waals surface area contributed by atoms with Gasteiger partial charge in [0.15, 0.2) is 0 Å². The summed E-state index contributed by atoms with van der Waals surface area (Å²) in [6.45, 7) is 6.72. The van der Waals surface area contributed by atoms with Gasteiger partial charge in [-0.3, -0.25) is 9.79 Å². The molecular weight excluding hydrogens is 294 g/mol. The van der Waals surface area contributed by atoms with Crippen LogP contribution in [0.1, 0.15) is 65.5 Å². The number of aromatic nitrogens is 2. The van der Waals surface area contributed by atoms with E-state index >= 15 is 0 Å². The van der Waals surface area contributed by atoms with Crippen LogP contribution in [0.4, 0.5) is 5.95 Å². The Bertz CT molecular complexity index is 850. The van der Waals surface area contributed by atoms with Gasteiger partial charge in [-0.2, -0.15) is 0 Å². The molecule has 1 amide bonds. The number of rotatable bonds is 3. The predicted molar refractivity (Wildman–Crippen MR) is 88.9 cm³/mol. The summed E-state index contributed by atoms with van der Waals surface area (Å²) in [6.07, 6.45) is -7.20. The lowest BCUT2D eigenvalue weighted by Gasteiger charge is -2.28. The van der Waals surface area contributed by atoms with Gasteiger partial charge in [0.25, 0.3) is 5.91 Å². The van der Waals surface area contributed by atoms with Crippen LogP contribution >= 0.6 is 0 Å². The van der Waals surface area contributed by atoms with E-state index in [9.17, 15) is 9.90 Å². The Hall–Kier alpha value is -1.89. The first-order chi connectivity index (χ1) is 13.0. The van der Waals surface area contributed by atoms with Crippen molar-refractivity contribution in [2.75, 3.05) is 5.32 Å². The molecule has 1 aliphatic carbocycles. The number of nitrogens with one attached hydrogen (secondary N) is 2. The number of nitrogens with zero attached hydrogens (tertiary/aromatic N) is 2. The molecule has 6 unspecified atom stereocenters. The Morgan fingerprint density at radius 2 is 2.35 bits per heavy atom. The molecule has 2 rings (SSSR count). The molecule has 128 valence electrons. The number of aliphatic hydroxyl groups is 1. The molecule has 1 saturated carbocycles. The number of carbonyl (C=O) groups excluding carboxylic acids is 1. The number of carbonyl (C=O) groups is 1. The van der Waals surface area contributed by atoms with Crippen molar-refractivity contribution in [1.29, 1.82) is 0 Å². The van der Waals surface area contributed by atoms with Crippen molar-refractivity contribution >= 4 is 11.9 Å². The number of primary amides is 1. The van der Waals surface area contributed by atoms with E-state index in [1.165, 1.54) is 6.92 Å². The number of hydrogen-bond acceptors (Lipinski definition) is 5. The normalized spacial score (nSPS) is 45.9. The van der Waals surface area contributed by atoms with Crippen molar-refractivity contribution < 1.29 is 18.1 Å². The predicted octanol–water partition coefficient (Wildman–Crippen LogP) is 1.17. The zero-order chi connectivity index (χ0) is 22.5. The standard InChI is InChI=1S/C16H27N5O2/c1-9-5-6-10(7-12(9)22)19-14-11(13(17)23)8-18-15(20-14)21-16(2,3)4/h8-10,12,22H,5-7H2,1-4H3,(H2,17,23)(H2,18,19,20,21)/i5D,6D,7D,8D,9D,10D. The van der Waals surface area contributed by atoms with Gasteiger partial charge < -0.3 is 21.1 Å². The Morgan fingerprint density at radius 1 is 1.65 bits per heavy atom. The van der Waals surface area contributed by atoms with E-state index in [0.29, 0.717) is 0 Å². The van der Waals surface area contributed by atoms with Crippen LogP contribution in [-0.4, -0.2) is 38.6 Å². The van der Waals surface area contributed by atoms with E-state index in [2.05, 4.69) is 20.3 Å². The Balaban J connectivity index is 2.75. The van der Waals surface area contributed by atoms with Gasteiger partial charge in [-0.25, -0.2) is 4.98 Å². The van der Waals surface area contributed by atoms with Gasteiger partial charge in [0.05, 0.1) is 20.4 Å². The molecule has 6 atom stereocenters. The van der Waals surface area contributed by atoms with Gasteiger partial charge in [0, 0.05) is 17.2 Å². The molecule has 0 aromatic carbocycles. The minimum absolute atomic E-state index is 0.0574. The molecule has 1 fully saturated rings. The van der Waals surface area contributed by atoms with Crippen LogP contribution in [0.15, 0.2) is 11.2 Å². The van der Waals surface area contributed by atoms with Crippen LogP contribution in [0.25, 0.3) is 0 Å². The third kappa shape index (κ3) is 4.79. The quantitative estimate of drug-likeness (QED) is 0.666. The summed E-state index contributed by atoms with van der Waals surface area (Å²) in [5.41, 5.74) is 4.08. The monoisotopic (exact) mass is 327 g/mol. The molecular formula is C16H27N5O2. The molecule has 0 radical (unpaired) electrons. The number of amides is 1. The Kier molecular flexibility index (Phi) is 3.15. The number of anilines is 1. The van der Waals surface area contributed by atoms with Gasteiger partial charge in [0.1, 0.15) is 5.49 Å². The Labute approximate surface area is 144 Å². The zero-order valence-corrected chi connectivity index (χ0v) is 13.6. The van der Waals surface area contributed by atoms with Gasteiger partial charge in [-0.15, -0.1) is 0 Å². The van der Waals surface area contributed by atoms with Crippen molar-refractivity contribution in [1.82, 2.24) is 9.97 Å². The van der Waals surface area contributed by atoms with Crippen molar-refractivity contribution in [2.45, 2.75) is 64.5 Å². The van der Waals surface area contributed by atoms with Crippen LogP contribution in [0.5, 0.6) is 0 Å². The molecule has 23 heavy (non-hydrogen) atoms. The average molecular weight is 327 g/mol. The largest absolute Gasteiger partial charge is 0.393 e. The lowest BCUT2D eigenvalue weighted by molar-refractivity contribution is 0.0704. The second-order valence-electron chi connectivity index (χ2n) is 6.39. The lowest BCUT2D eigenvalue weighted by atomic mass is 9.85. The molecule has 1 heterocycles. The van der Waals surface area contributed by atoms with Gasteiger partial charge in [-0.1, -0.05) is 6.92 Å². The average Bonchev–Trinajstić information content (AvgIpc) is 2.55. The van der Waals surface area contributed by atoms with E-state index in [4.69, 9.17) is 14.0 Å². The molecule has 1 aliphatic rings. The number of aliphatic hydroxyl groups excluding tert-OH is 1. The van der Waals surface area contributed by atoms with Crippen LogP contribution in [0.3, 0.4) is 0 Å². The highest BCUT2D eigenvalue weighted by Crippen LogP contribution is 2.25. The highest BCUT2D eigenvalue weighted by atomic mass is 16.3. The minimum Gasteiger partial charge on any atom is -0.393 e. The minimum atomic E-state index is -2.39. The van der Waals surface area contributed by atoms with E-state index in [-0.39, 0.29) is 11.4 Å². The fourth-order valence-electron chi connectivity index (χ4n) is 1.91. The summed E-state index contributed by atoms with van der Waals surface area (Å²) in [5, 5.41) is 13.3. The first-order valence-corrected chi connectivity index (χ1v) is 7.22. The molecule has 0 spiro atoms. The molecule has 7 heteroatoms. The van der Waals surface area contributed by atoms with E-state index in [1.54, 1.807) is 0 Å². The molecule has 0 saturated heterocycles. The van der Waals surface area contributed by atoms with E-state index in [0.717, 1.165) is 0 Å². The van der Waals surface area contributed by atoms with Crippen LogP contribution in [-0.2, 0) is 0 Å². The molecule has 0 bridgehead atoms. The van der Waals surface area contributed by atoms with Crippen molar-refractivity contribution in [3.63, 3.8) is 0 Å². The topological polar surface area (TPSA) is 116 Å². The fourth-order valence-corrected chi connectivity index (χ4v) is 1.91. The van der Waals surface area contributed by atoms with Gasteiger partial charge in [0.2, 0.25) is 5.95 Å². The van der Waals surface area contributed by atoms with Crippen molar-refractivity contribution in [3.05, 3.63) is 17.2 Å². The lowest BCUT2D eigenvalue weighted by Crippen LogP contribution is -2.34. The number of hydrogen-bond donors (Lipinski definition) is 4. The van der Waals surface area contributed by atoms with Crippen LogP contribution < -0.4 is 16.5 Å². The summed E-state index contributed by atoms with van der Waals surface area (Å²) in [7, 11) is 0. The third-order valence-corrected chi connectivity index (χ3v) is 3.05. The van der Waals surface area contributed by atoms with Crippen LogP contribution in [0, 0.1) is 5.89 Å². The summed E-state index contributed by atoms with van der Waals surface area (Å²) in [5.74, 6) is -2.83. The summed E-state index contributed by atoms with van der Waals surface area (Å²) in [6, 6.07) is -2.39. The van der Waals surface area contributed by atoms with Crippen molar-refractivity contribution in [3.8, 4) is 0 Å². The SMILES string of the molecule is [2H]c1nc(NC(C)(C)C)[nH]c(=NC2([2H])C([2H])C([2H])C([2H])(C)C(O)C2[2H])c1C(N)=O. The van der Waals surface area contributed by atoms with E-state index in [1.807, 2.05) is 20.8 Å². The number of H-pyrrole nitrogens is 1. The number of aromatic amines is 1. The molecule has 0 aliphatic heterocycles. The molecule has 7 nitrogen and oxygen atoms in total. The van der Waals surface area contributed by atoms with Crippen molar-refractivity contribution in [2.24, 2.45) is 16.6 Å². The smallest absolute Gasteiger partial charge is 0.254 e. The molecule has 1 aromatic heterocycles. The fraction of sp³-hybridized carbons (Fsp3) is 0.688. The zero-order valence-electron chi connectivity index (χ0n) is 19.6. The Morgan fingerprint density at radius 3 is 2.96 bits per heavy atom. The second-order valence-corrected chi connectivity index (χ2v) is 6.39. The first kappa shape index (κ1) is 10.8. The summed E-state index contributed by atoms with van der Waals surface area (Å²) >= 11 is 0. The molecule has 1 aromatic rings. The highest BCUT2D eigenvalue weighted by Gasteiger charge is 2.26. The maximum absolute atomic E-state index is 11.9. The maximum Gasteiger partial charge on any atom is 0.254 e. The third-order valence-electron chi connectivity index (χ3n) is 3.05. The first-order valence-electron chi connectivity index (χ1n) is 10.4. The van der Waals surface area contributed by atoms with Gasteiger partial charge >= 0.3 is 0 Å². The maximum atomic E-state index is 11.9. The molecule has 5 N–H and O–H groups in total. The highest BCUT2D eigenvalue weighted by molar-refractivity contribution is 5.92. The van der Waals surface area contributed by atoms with Gasteiger partial charge in [-0.05, 0) is 45.9 Å². The second kappa shape index (κ2) is 6.70. The van der Waals surface area contributed by atoms with Crippen LogP contribution in [0.2, 0.25) is 0 Å².